The van der Waals surface area contributed by atoms with Crippen LogP contribution in [0.4, 0.5) is 40.3 Å². The molecule has 4 unspecified atom stereocenters. The molecule has 0 bridgehead atoms. The number of anilines is 4. The Morgan fingerprint density at radius 3 is 1.72 bits per heavy atom. The third kappa shape index (κ3) is 18.3. The monoisotopic (exact) mass is 1390 g/mol. The second-order valence-electron chi connectivity index (χ2n) is 24.9. The van der Waals surface area contributed by atoms with Gasteiger partial charge in [-0.1, -0.05) is 79.1 Å². The average molecular weight is 1390 g/mol. The molecule has 0 amide bonds. The van der Waals surface area contributed by atoms with Gasteiger partial charge < -0.3 is 38.2 Å². The van der Waals surface area contributed by atoms with E-state index in [-0.39, 0.29) is 80.8 Å². The Morgan fingerprint density at radius 1 is 0.678 bits per heavy atom. The number of hydrogen-bond donors (Lipinski definition) is 7. The number of halogens is 6. The number of aliphatic hydroxyl groups is 1. The van der Waals surface area contributed by atoms with E-state index in [4.69, 9.17) is 28.0 Å². The number of thiol groups is 1. The number of rotatable bonds is 15. The van der Waals surface area contributed by atoms with Crippen molar-refractivity contribution in [3.8, 4) is 0 Å². The number of ketones is 5. The Kier molecular flexibility index (Phi) is 29.4. The predicted molar refractivity (Wildman–Crippen MR) is 368 cm³/mol. The number of nitrogen functional groups attached to an aromatic ring is 4. The molecule has 12 nitrogen and oxygen atoms in total. The van der Waals surface area contributed by atoms with E-state index in [1.807, 2.05) is 0 Å². The number of benzene rings is 4. The van der Waals surface area contributed by atoms with Gasteiger partial charge in [0.2, 0.25) is 0 Å². The average Bonchev–Trinajstić information content (AvgIpc) is 1.58. The van der Waals surface area contributed by atoms with Crippen molar-refractivity contribution in [3.63, 3.8) is 0 Å². The maximum absolute atomic E-state index is 14.1. The summed E-state index contributed by atoms with van der Waals surface area (Å²) in [4.78, 5) is 60.0. The summed E-state index contributed by atoms with van der Waals surface area (Å²) >= 11 is 10.1. The van der Waals surface area contributed by atoms with Gasteiger partial charge >= 0.3 is 24.8 Å². The van der Waals surface area contributed by atoms with Crippen LogP contribution in [0.1, 0.15) is 224 Å². The summed E-state index contributed by atoms with van der Waals surface area (Å²) in [5, 5.41) is 10.8. The topological polar surface area (TPSA) is 234 Å². The Labute approximate surface area is 553 Å². The molecule has 1 heterocycles. The quantitative estimate of drug-likeness (QED) is 0.0256. The summed E-state index contributed by atoms with van der Waals surface area (Å²) in [7, 11) is 4.34. The van der Waals surface area contributed by atoms with Gasteiger partial charge in [-0.15, -0.1) is 0 Å². The molecule has 20 heteroatoms. The number of carbonyl (C=O) groups is 5. The van der Waals surface area contributed by atoms with Crippen molar-refractivity contribution < 1.29 is 46.6 Å². The molecular weight excluding hydrogens is 1300 g/mol. The van der Waals surface area contributed by atoms with Gasteiger partial charge in [-0.25, -0.2) is 17.6 Å². The summed E-state index contributed by atoms with van der Waals surface area (Å²) in [6.45, 7) is 14.5. The number of Topliss-reactive ketones (excluding diaryl/α,β-unsaturated/α-hetero) is 4. The van der Waals surface area contributed by atoms with Gasteiger partial charge in [0.05, 0.1) is 27.2 Å². The SMILES string of the molecule is C1CCNC1.CCCCC1(CCC(C)=O)Cc2cc(N)c(F)cc2C1=O.CCCCC12CCC(=O)C(Br)=C1c1cc(F)c(N)c(Br)c1C2.CCCCC12CCC(=O)C=C1c1cc(F)c(N)cc1C2.CCCCC1Cc2cc(N)c(F)cc2C1=O.CCO.[B]=NS. The molecule has 4 atom stereocenters. The molecule has 4 aromatic rings. The van der Waals surface area contributed by atoms with Crippen LogP contribution in [-0.2, 0) is 40.1 Å². The van der Waals surface area contributed by atoms with Crippen molar-refractivity contribution in [2.75, 3.05) is 42.6 Å². The first-order valence-electron chi connectivity index (χ1n) is 32.0. The molecule has 489 valence electrons. The van der Waals surface area contributed by atoms with Crippen molar-refractivity contribution in [1.29, 1.82) is 0 Å². The van der Waals surface area contributed by atoms with Crippen LogP contribution in [0.15, 0.2) is 61.8 Å². The summed E-state index contributed by atoms with van der Waals surface area (Å²) in [5.41, 5.74) is 31.3. The van der Waals surface area contributed by atoms with Crippen molar-refractivity contribution in [1.82, 2.24) is 5.32 Å². The van der Waals surface area contributed by atoms with Crippen LogP contribution in [0, 0.1) is 45.4 Å². The molecule has 1 aliphatic heterocycles. The molecule has 4 aromatic carbocycles. The fourth-order valence-corrected chi connectivity index (χ4v) is 15.0. The third-order valence-corrected chi connectivity index (χ3v) is 20.1. The second-order valence-corrected chi connectivity index (χ2v) is 26.7. The molecule has 7 aliphatic rings. The van der Waals surface area contributed by atoms with Crippen LogP contribution in [-0.4, -0.2) is 61.4 Å². The molecule has 10 N–H and O–H groups in total. The van der Waals surface area contributed by atoms with Crippen molar-refractivity contribution >= 4 is 115 Å². The molecule has 11 rings (SSSR count). The molecule has 0 spiro atoms. The molecule has 6 aliphatic carbocycles. The molecule has 0 aromatic heterocycles. The van der Waals surface area contributed by atoms with E-state index in [2.05, 4.69) is 89.6 Å². The molecule has 1 radical (unpaired) electrons. The minimum atomic E-state index is -0.551. The zero-order valence-corrected chi connectivity index (χ0v) is 57.4. The number of unbranched alkanes of at least 4 members (excludes halogenated alkanes) is 4. The number of carbonyl (C=O) groups excluding carboxylic acids is 5. The Bertz CT molecular complexity index is 3320. The van der Waals surface area contributed by atoms with E-state index < -0.39 is 22.9 Å². The van der Waals surface area contributed by atoms with E-state index in [0.717, 1.165) is 154 Å². The number of nitrogens with one attached hydrogen (secondary N) is 1. The van der Waals surface area contributed by atoms with Gasteiger partial charge in [0, 0.05) is 63.6 Å². The molecular formula is C70H92BBr2F4N6O6S. The van der Waals surface area contributed by atoms with Gasteiger partial charge in [-0.05, 0) is 235 Å². The van der Waals surface area contributed by atoms with Crippen LogP contribution < -0.4 is 28.3 Å². The van der Waals surface area contributed by atoms with Crippen molar-refractivity contribution in [2.24, 2.45) is 26.5 Å². The van der Waals surface area contributed by atoms with Crippen LogP contribution in [0.3, 0.4) is 0 Å². The number of nitrogens with two attached hydrogens (primary N) is 4. The van der Waals surface area contributed by atoms with E-state index >= 15 is 0 Å². The second kappa shape index (κ2) is 35.1. The zero-order valence-electron chi connectivity index (χ0n) is 53.3. The van der Waals surface area contributed by atoms with Crippen LogP contribution in [0.25, 0.3) is 11.1 Å². The number of hydrogen-bond acceptors (Lipinski definition) is 13. The summed E-state index contributed by atoms with van der Waals surface area (Å²) in [6.07, 6.45) is 23.6. The predicted octanol–water partition coefficient (Wildman–Crippen LogP) is 16.5. The van der Waals surface area contributed by atoms with Crippen molar-refractivity contribution in [3.05, 3.63) is 125 Å². The third-order valence-electron chi connectivity index (χ3n) is 18.4. The first-order valence-corrected chi connectivity index (χ1v) is 33.9. The standard InChI is InChI=1S/C17H18Br2FNO.C17H22FNO2.C17H20FNO.C13H16FNO.C4H9N.C2H6O.BHNS/c1-2-3-5-17-6-4-12(22)15(19)13(17)9-7-11(20)16(21)14(18)10(9)8-17;1-3-4-6-17(7-5-11(2)20)10-12-8-15(19)14(18)9-13(12)16(17)21;1-2-3-5-17-6-4-12(20)8-14(17)13-9-15(18)16(19)7-11(13)10-17;1-2-3-4-8-5-9-6-12(15)11(14)7-10(9)13(8)16;1-2-4-5-3-1;2*1-2-3/h7H,2-6,8,21H2,1H3;8-9H,3-7,10,19H2,1-2H3;7-9H,2-6,10,19H2,1H3;6-8H,2-5,15H2,1H3;5H,1-4H2;3H,2H2,1H3;3H. The van der Waals surface area contributed by atoms with E-state index in [1.165, 1.54) is 57.1 Å². The minimum absolute atomic E-state index is 0.0221. The van der Waals surface area contributed by atoms with Crippen LogP contribution in [0.2, 0.25) is 0 Å². The maximum atomic E-state index is 14.1. The fourth-order valence-electron chi connectivity index (χ4n) is 13.6. The summed E-state index contributed by atoms with van der Waals surface area (Å²) in [6, 6.07) is 10.5. The van der Waals surface area contributed by atoms with Gasteiger partial charge in [0.15, 0.2) is 23.1 Å². The number of allylic oxidation sites excluding steroid dienone is 4. The Morgan fingerprint density at radius 2 is 1.18 bits per heavy atom. The number of nitrogens with zero attached hydrogens (tertiary/aromatic N) is 1. The molecule has 1 fully saturated rings. The van der Waals surface area contributed by atoms with E-state index in [0.29, 0.717) is 52.2 Å². The normalized spacial score (nSPS) is 21.0. The Balaban J connectivity index is 0.000000207. The van der Waals surface area contributed by atoms with Crippen molar-refractivity contribution in [2.45, 2.75) is 196 Å². The summed E-state index contributed by atoms with van der Waals surface area (Å²) < 4.78 is 58.7. The number of fused-ring (bicyclic) bond motifs is 8. The Hall–Kier alpha value is -5.28. The first kappa shape index (κ1) is 75.4. The zero-order chi connectivity index (χ0) is 66.7. The van der Waals surface area contributed by atoms with Crippen LogP contribution in [0.5, 0.6) is 0 Å². The first-order chi connectivity index (χ1) is 42.8. The van der Waals surface area contributed by atoms with E-state index in [9.17, 15) is 41.5 Å². The van der Waals surface area contributed by atoms with Gasteiger partial charge in [0.1, 0.15) is 29.1 Å². The van der Waals surface area contributed by atoms with Gasteiger partial charge in [-0.3, -0.25) is 19.2 Å². The summed E-state index contributed by atoms with van der Waals surface area (Å²) in [5.74, 6) is -1.37. The van der Waals surface area contributed by atoms with Gasteiger partial charge in [0.25, 0.3) is 0 Å². The molecule has 1 saturated heterocycles. The molecule has 0 saturated carbocycles. The fraction of sp³-hybridized carbons (Fsp3) is 0.529. The van der Waals surface area contributed by atoms with Gasteiger partial charge in [-0.2, -0.15) is 0 Å². The van der Waals surface area contributed by atoms with E-state index in [1.54, 1.807) is 31.2 Å². The molecule has 90 heavy (non-hydrogen) atoms. The number of aliphatic hydroxyl groups excluding tert-OH is 1. The van der Waals surface area contributed by atoms with Crippen LogP contribution >= 0.6 is 44.7 Å².